The highest BCUT2D eigenvalue weighted by atomic mass is 16.5. The molecule has 2 aliphatic heterocycles. The van der Waals surface area contributed by atoms with E-state index in [4.69, 9.17) is 24.7 Å². The predicted molar refractivity (Wildman–Crippen MR) is 136 cm³/mol. The van der Waals surface area contributed by atoms with Crippen LogP contribution in [-0.2, 0) is 4.74 Å². The van der Waals surface area contributed by atoms with Crippen LogP contribution in [0.5, 0.6) is 5.88 Å². The van der Waals surface area contributed by atoms with Crippen molar-refractivity contribution in [3.63, 3.8) is 0 Å². The number of amidine groups is 1. The lowest BCUT2D eigenvalue weighted by Crippen LogP contribution is -2.37. The van der Waals surface area contributed by atoms with Crippen LogP contribution < -0.4 is 15.0 Å². The van der Waals surface area contributed by atoms with Crippen LogP contribution in [0, 0.1) is 11.3 Å². The molecule has 37 heavy (non-hydrogen) atoms. The molecule has 2 fully saturated rings. The van der Waals surface area contributed by atoms with Crippen molar-refractivity contribution in [3.8, 4) is 11.9 Å². The van der Waals surface area contributed by atoms with E-state index >= 15 is 0 Å². The number of rotatable bonds is 6. The molecule has 1 saturated carbocycles. The van der Waals surface area contributed by atoms with Crippen LogP contribution in [0.2, 0.25) is 0 Å². The Hall–Kier alpha value is -4.24. The average Bonchev–Trinajstić information content (AvgIpc) is 3.50. The van der Waals surface area contributed by atoms with E-state index in [2.05, 4.69) is 35.4 Å². The molecule has 0 bridgehead atoms. The van der Waals surface area contributed by atoms with Gasteiger partial charge in [0.05, 0.1) is 42.1 Å². The molecule has 12 nitrogen and oxygen atoms in total. The van der Waals surface area contributed by atoms with Gasteiger partial charge in [0.2, 0.25) is 11.8 Å². The van der Waals surface area contributed by atoms with Crippen LogP contribution in [0.3, 0.4) is 0 Å². The molecule has 0 spiro atoms. The van der Waals surface area contributed by atoms with E-state index in [0.29, 0.717) is 43.1 Å². The van der Waals surface area contributed by atoms with E-state index in [-0.39, 0.29) is 12.1 Å². The number of morpholine rings is 1. The standard InChI is InChI=1S/C25H26N10O2/c26-11-16-12-28-25(29-13-16)32-18-1-3-19(4-2-18)37-24-20-9-17(23-30-15-31-34-23)14-27-21(20)10-22(33-24)35-5-7-36-8-6-35/h9-10,12-14,18-19H,1-8,15H2,(H,28,29,32). The summed E-state index contributed by atoms with van der Waals surface area (Å²) < 4.78 is 12.1. The Morgan fingerprint density at radius 2 is 1.84 bits per heavy atom. The fourth-order valence-electron chi connectivity index (χ4n) is 4.75. The molecule has 0 unspecified atom stereocenters. The normalized spacial score (nSPS) is 21.5. The minimum Gasteiger partial charge on any atom is -0.474 e. The number of hydrogen-bond acceptors (Lipinski definition) is 12. The smallest absolute Gasteiger partial charge is 0.225 e. The lowest BCUT2D eigenvalue weighted by atomic mass is 9.93. The van der Waals surface area contributed by atoms with E-state index in [1.807, 2.05) is 18.2 Å². The number of ether oxygens (including phenoxy) is 2. The number of hydrogen-bond donors (Lipinski definition) is 1. The summed E-state index contributed by atoms with van der Waals surface area (Å²) in [6.45, 7) is 3.25. The molecule has 1 N–H and O–H groups in total. The monoisotopic (exact) mass is 498 g/mol. The highest BCUT2D eigenvalue weighted by molar-refractivity contribution is 6.02. The molecule has 0 atom stereocenters. The number of fused-ring (bicyclic) bond motifs is 1. The van der Waals surface area contributed by atoms with Crippen molar-refractivity contribution in [2.45, 2.75) is 37.8 Å². The summed E-state index contributed by atoms with van der Waals surface area (Å²) >= 11 is 0. The minimum absolute atomic E-state index is 0.0303. The molecule has 1 saturated heterocycles. The Bertz CT molecular complexity index is 1370. The van der Waals surface area contributed by atoms with Crippen LogP contribution in [0.4, 0.5) is 11.8 Å². The maximum atomic E-state index is 8.93. The third kappa shape index (κ3) is 5.17. The number of nitrogens with one attached hydrogen (secondary N) is 1. The van der Waals surface area contributed by atoms with Crippen LogP contribution in [0.1, 0.15) is 36.8 Å². The van der Waals surface area contributed by atoms with Crippen molar-refractivity contribution in [3.05, 3.63) is 41.9 Å². The van der Waals surface area contributed by atoms with Gasteiger partial charge in [-0.05, 0) is 31.7 Å². The van der Waals surface area contributed by atoms with Crippen molar-refractivity contribution in [2.24, 2.45) is 15.2 Å². The Kier molecular flexibility index (Phi) is 6.51. The first-order chi connectivity index (χ1) is 18.2. The quantitative estimate of drug-likeness (QED) is 0.541. The molecule has 3 aliphatic rings. The van der Waals surface area contributed by atoms with Crippen LogP contribution >= 0.6 is 0 Å². The summed E-state index contributed by atoms with van der Waals surface area (Å²) in [6, 6.07) is 6.28. The Labute approximate surface area is 213 Å². The van der Waals surface area contributed by atoms with Gasteiger partial charge in [0, 0.05) is 37.0 Å². The maximum Gasteiger partial charge on any atom is 0.225 e. The zero-order valence-electron chi connectivity index (χ0n) is 20.2. The molecule has 0 radical (unpaired) electrons. The molecule has 1 aliphatic carbocycles. The topological polar surface area (TPSA) is 146 Å². The van der Waals surface area contributed by atoms with Gasteiger partial charge in [-0.25, -0.2) is 15.0 Å². The molecule has 0 aromatic carbocycles. The third-order valence-electron chi connectivity index (χ3n) is 6.74. The number of aliphatic imine (C=N–C) groups is 1. The van der Waals surface area contributed by atoms with Gasteiger partial charge in [-0.2, -0.15) is 15.4 Å². The first kappa shape index (κ1) is 23.2. The molecule has 0 amide bonds. The number of nitriles is 1. The van der Waals surface area contributed by atoms with Gasteiger partial charge >= 0.3 is 0 Å². The molecule has 12 heteroatoms. The molecule has 3 aromatic heterocycles. The summed E-state index contributed by atoms with van der Waals surface area (Å²) in [4.78, 5) is 24.6. The van der Waals surface area contributed by atoms with Gasteiger partial charge < -0.3 is 19.7 Å². The van der Waals surface area contributed by atoms with Gasteiger partial charge in [0.15, 0.2) is 12.5 Å². The number of azo groups is 1. The fourth-order valence-corrected chi connectivity index (χ4v) is 4.75. The van der Waals surface area contributed by atoms with Crippen LogP contribution in [-0.4, -0.2) is 70.9 Å². The Morgan fingerprint density at radius 1 is 1.03 bits per heavy atom. The van der Waals surface area contributed by atoms with E-state index < -0.39 is 0 Å². The second-order valence-electron chi connectivity index (χ2n) is 9.18. The zero-order chi connectivity index (χ0) is 25.0. The molecular weight excluding hydrogens is 472 g/mol. The minimum atomic E-state index is 0.0303. The molecular formula is C25H26N10O2. The molecule has 188 valence electrons. The van der Waals surface area contributed by atoms with Gasteiger partial charge in [-0.3, -0.25) is 4.98 Å². The fraction of sp³-hybridized carbons (Fsp3) is 0.440. The second-order valence-corrected chi connectivity index (χ2v) is 9.18. The van der Waals surface area contributed by atoms with Gasteiger partial charge in [-0.15, -0.1) is 5.11 Å². The highest BCUT2D eigenvalue weighted by Gasteiger charge is 2.25. The van der Waals surface area contributed by atoms with Crippen LogP contribution in [0.25, 0.3) is 10.9 Å². The predicted octanol–water partition coefficient (Wildman–Crippen LogP) is 3.10. The highest BCUT2D eigenvalue weighted by Crippen LogP contribution is 2.32. The van der Waals surface area contributed by atoms with Gasteiger partial charge in [0.1, 0.15) is 18.0 Å². The van der Waals surface area contributed by atoms with Gasteiger partial charge in [-0.1, -0.05) is 0 Å². The number of pyridine rings is 2. The van der Waals surface area contributed by atoms with E-state index in [1.54, 1.807) is 6.20 Å². The van der Waals surface area contributed by atoms with Crippen molar-refractivity contribution < 1.29 is 9.47 Å². The summed E-state index contributed by atoms with van der Waals surface area (Å²) in [5, 5.41) is 21.2. The zero-order valence-corrected chi connectivity index (χ0v) is 20.2. The first-order valence-corrected chi connectivity index (χ1v) is 12.5. The lowest BCUT2D eigenvalue weighted by Gasteiger charge is -2.31. The van der Waals surface area contributed by atoms with Crippen LogP contribution in [0.15, 0.2) is 45.9 Å². The lowest BCUT2D eigenvalue weighted by molar-refractivity contribution is 0.122. The Balaban J connectivity index is 1.21. The molecule has 6 rings (SSSR count). The largest absolute Gasteiger partial charge is 0.474 e. The maximum absolute atomic E-state index is 8.93. The van der Waals surface area contributed by atoms with Crippen molar-refractivity contribution in [1.82, 2.24) is 19.9 Å². The second kappa shape index (κ2) is 10.4. The number of nitrogens with zero attached hydrogens (tertiary/aromatic N) is 9. The summed E-state index contributed by atoms with van der Waals surface area (Å²) in [5.41, 5.74) is 2.07. The van der Waals surface area contributed by atoms with E-state index in [9.17, 15) is 0 Å². The summed E-state index contributed by atoms with van der Waals surface area (Å²) in [7, 11) is 0. The summed E-state index contributed by atoms with van der Waals surface area (Å²) in [6.07, 6.45) is 8.43. The van der Waals surface area contributed by atoms with Crippen molar-refractivity contribution in [2.75, 3.05) is 43.2 Å². The molecule has 5 heterocycles. The summed E-state index contributed by atoms with van der Waals surface area (Å²) in [5.74, 6) is 2.54. The van der Waals surface area contributed by atoms with E-state index in [0.717, 1.165) is 61.1 Å². The average molecular weight is 499 g/mol. The number of aromatic nitrogens is 4. The molecule has 3 aromatic rings. The number of anilines is 2. The third-order valence-corrected chi connectivity index (χ3v) is 6.74. The van der Waals surface area contributed by atoms with Crippen molar-refractivity contribution >= 4 is 28.5 Å². The Morgan fingerprint density at radius 3 is 2.57 bits per heavy atom. The SMILES string of the molecule is N#Cc1cnc(NC2CCC(Oc3nc(N4CCOCC4)cc4ncc(C5=NCN=N5)cc34)CC2)nc1. The van der Waals surface area contributed by atoms with E-state index in [1.165, 1.54) is 12.4 Å². The van der Waals surface area contributed by atoms with Crippen molar-refractivity contribution in [1.29, 1.82) is 5.26 Å². The first-order valence-electron chi connectivity index (χ1n) is 12.5. The van der Waals surface area contributed by atoms with Gasteiger partial charge in [0.25, 0.3) is 0 Å².